The second-order valence-corrected chi connectivity index (χ2v) is 5.71. The minimum absolute atomic E-state index is 0.338. The maximum Gasteiger partial charge on any atom is 0.0521 e. The molecule has 0 bridgehead atoms. The molecule has 2 saturated heterocycles. The van der Waals surface area contributed by atoms with Crippen molar-refractivity contribution < 1.29 is 9.84 Å². The SMILES string of the molecule is CCNC1CCOCC1CN1CCC(CCO)C1. The number of ether oxygens (including phenoxy) is 1. The molecule has 2 fully saturated rings. The highest BCUT2D eigenvalue weighted by atomic mass is 16.5. The van der Waals surface area contributed by atoms with Gasteiger partial charge in [0.2, 0.25) is 0 Å². The Morgan fingerprint density at radius 3 is 3.06 bits per heavy atom. The Bertz CT molecular complexity index is 236. The second-order valence-electron chi connectivity index (χ2n) is 5.71. The smallest absolute Gasteiger partial charge is 0.0521 e. The average molecular weight is 256 g/mol. The summed E-state index contributed by atoms with van der Waals surface area (Å²) in [7, 11) is 0. The summed E-state index contributed by atoms with van der Waals surface area (Å²) in [6.07, 6.45) is 3.36. The number of hydrogen-bond acceptors (Lipinski definition) is 4. The van der Waals surface area contributed by atoms with E-state index in [9.17, 15) is 0 Å². The molecular formula is C14H28N2O2. The number of likely N-dealkylation sites (tertiary alicyclic amines) is 1. The summed E-state index contributed by atoms with van der Waals surface area (Å²) in [6, 6.07) is 0.626. The van der Waals surface area contributed by atoms with Crippen LogP contribution in [0.2, 0.25) is 0 Å². The average Bonchev–Trinajstić information content (AvgIpc) is 2.80. The molecule has 2 rings (SSSR count). The van der Waals surface area contributed by atoms with Gasteiger partial charge in [0.1, 0.15) is 0 Å². The van der Waals surface area contributed by atoms with Gasteiger partial charge in [-0.15, -0.1) is 0 Å². The van der Waals surface area contributed by atoms with Gasteiger partial charge in [0.15, 0.2) is 0 Å². The number of nitrogens with one attached hydrogen (secondary N) is 1. The Balaban J connectivity index is 1.77. The molecule has 0 aromatic rings. The van der Waals surface area contributed by atoms with Crippen LogP contribution in [0.4, 0.5) is 0 Å². The van der Waals surface area contributed by atoms with Crippen LogP contribution >= 0.6 is 0 Å². The lowest BCUT2D eigenvalue weighted by Gasteiger charge is -2.34. The maximum atomic E-state index is 9.00. The van der Waals surface area contributed by atoms with E-state index in [0.29, 0.717) is 24.5 Å². The molecule has 2 N–H and O–H groups in total. The number of aliphatic hydroxyl groups excluding tert-OH is 1. The van der Waals surface area contributed by atoms with Crippen molar-refractivity contribution in [2.45, 2.75) is 32.2 Å². The van der Waals surface area contributed by atoms with Crippen molar-refractivity contribution in [3.8, 4) is 0 Å². The van der Waals surface area contributed by atoms with Gasteiger partial charge in [-0.1, -0.05) is 6.92 Å². The van der Waals surface area contributed by atoms with Gasteiger partial charge in [0.25, 0.3) is 0 Å². The van der Waals surface area contributed by atoms with E-state index in [2.05, 4.69) is 17.1 Å². The van der Waals surface area contributed by atoms with Crippen LogP contribution in [-0.4, -0.2) is 62.0 Å². The molecule has 0 aromatic heterocycles. The van der Waals surface area contributed by atoms with Crippen LogP contribution in [0, 0.1) is 11.8 Å². The van der Waals surface area contributed by atoms with Gasteiger partial charge >= 0.3 is 0 Å². The third kappa shape index (κ3) is 3.92. The molecule has 0 amide bonds. The third-order valence-corrected chi connectivity index (χ3v) is 4.34. The molecule has 106 valence electrons. The van der Waals surface area contributed by atoms with Gasteiger partial charge in [-0.2, -0.15) is 0 Å². The van der Waals surface area contributed by atoms with Gasteiger partial charge < -0.3 is 20.1 Å². The molecule has 0 aliphatic carbocycles. The number of hydrogen-bond donors (Lipinski definition) is 2. The van der Waals surface area contributed by atoms with E-state index in [1.807, 2.05) is 0 Å². The predicted octanol–water partition coefficient (Wildman–Crippen LogP) is 0.705. The van der Waals surface area contributed by atoms with E-state index in [4.69, 9.17) is 9.84 Å². The zero-order chi connectivity index (χ0) is 12.8. The molecule has 18 heavy (non-hydrogen) atoms. The molecule has 0 spiro atoms. The van der Waals surface area contributed by atoms with E-state index >= 15 is 0 Å². The number of nitrogens with zero attached hydrogens (tertiary/aromatic N) is 1. The van der Waals surface area contributed by atoms with Crippen molar-refractivity contribution in [3.63, 3.8) is 0 Å². The molecule has 4 nitrogen and oxygen atoms in total. The topological polar surface area (TPSA) is 44.7 Å². The van der Waals surface area contributed by atoms with Crippen LogP contribution in [-0.2, 0) is 4.74 Å². The van der Waals surface area contributed by atoms with Gasteiger partial charge in [0.05, 0.1) is 6.61 Å². The van der Waals surface area contributed by atoms with Crippen LogP contribution in [0.15, 0.2) is 0 Å². The highest BCUT2D eigenvalue weighted by Gasteiger charge is 2.29. The first-order chi connectivity index (χ1) is 8.83. The van der Waals surface area contributed by atoms with E-state index in [1.54, 1.807) is 0 Å². The first kappa shape index (κ1) is 14.3. The van der Waals surface area contributed by atoms with Crippen molar-refractivity contribution in [1.29, 1.82) is 0 Å². The minimum Gasteiger partial charge on any atom is -0.396 e. The van der Waals surface area contributed by atoms with Crippen LogP contribution in [0.1, 0.15) is 26.2 Å². The summed E-state index contributed by atoms with van der Waals surface area (Å²) in [5, 5.41) is 12.6. The van der Waals surface area contributed by atoms with Gasteiger partial charge in [-0.25, -0.2) is 0 Å². The molecular weight excluding hydrogens is 228 g/mol. The summed E-state index contributed by atoms with van der Waals surface area (Å²) >= 11 is 0. The lowest BCUT2D eigenvalue weighted by Crippen LogP contribution is -2.47. The summed E-state index contributed by atoms with van der Waals surface area (Å²) < 4.78 is 5.64. The van der Waals surface area contributed by atoms with Crippen molar-refractivity contribution in [2.24, 2.45) is 11.8 Å². The van der Waals surface area contributed by atoms with E-state index in [-0.39, 0.29) is 0 Å². The Hall–Kier alpha value is -0.160. The van der Waals surface area contributed by atoms with Crippen LogP contribution in [0.5, 0.6) is 0 Å². The Morgan fingerprint density at radius 1 is 1.39 bits per heavy atom. The van der Waals surface area contributed by atoms with Crippen LogP contribution in [0.25, 0.3) is 0 Å². The molecule has 0 saturated carbocycles. The Morgan fingerprint density at radius 2 is 2.28 bits per heavy atom. The standard InChI is InChI=1S/C14H28N2O2/c1-2-15-14-5-8-18-11-13(14)10-16-6-3-12(9-16)4-7-17/h12-15,17H,2-11H2,1H3. The first-order valence-electron chi connectivity index (χ1n) is 7.47. The lowest BCUT2D eigenvalue weighted by atomic mass is 9.95. The fourth-order valence-corrected chi connectivity index (χ4v) is 3.34. The number of aliphatic hydroxyl groups is 1. The fourth-order valence-electron chi connectivity index (χ4n) is 3.34. The molecule has 2 aliphatic heterocycles. The molecule has 0 aromatic carbocycles. The maximum absolute atomic E-state index is 9.00. The summed E-state index contributed by atoms with van der Waals surface area (Å²) in [6.45, 7) is 8.88. The first-order valence-corrected chi connectivity index (χ1v) is 7.47. The van der Waals surface area contributed by atoms with E-state index < -0.39 is 0 Å². The van der Waals surface area contributed by atoms with E-state index in [1.165, 1.54) is 13.0 Å². The second kappa shape index (κ2) is 7.43. The molecule has 2 aliphatic rings. The van der Waals surface area contributed by atoms with Gasteiger partial charge in [-0.05, 0) is 38.3 Å². The van der Waals surface area contributed by atoms with Crippen molar-refractivity contribution in [1.82, 2.24) is 10.2 Å². The zero-order valence-electron chi connectivity index (χ0n) is 11.6. The minimum atomic E-state index is 0.338. The van der Waals surface area contributed by atoms with Gasteiger partial charge in [-0.3, -0.25) is 0 Å². The normalized spacial score (nSPS) is 34.0. The molecule has 3 atom stereocenters. The fraction of sp³-hybridized carbons (Fsp3) is 1.00. The quantitative estimate of drug-likeness (QED) is 0.734. The third-order valence-electron chi connectivity index (χ3n) is 4.34. The van der Waals surface area contributed by atoms with Crippen molar-refractivity contribution in [2.75, 3.05) is 46.0 Å². The molecule has 0 radical (unpaired) electrons. The monoisotopic (exact) mass is 256 g/mol. The largest absolute Gasteiger partial charge is 0.396 e. The van der Waals surface area contributed by atoms with Crippen LogP contribution in [0.3, 0.4) is 0 Å². The highest BCUT2D eigenvalue weighted by molar-refractivity contribution is 4.84. The van der Waals surface area contributed by atoms with Crippen LogP contribution < -0.4 is 5.32 Å². The Labute approximate surface area is 111 Å². The molecule has 2 heterocycles. The highest BCUT2D eigenvalue weighted by Crippen LogP contribution is 2.23. The molecule has 3 unspecified atom stereocenters. The predicted molar refractivity (Wildman–Crippen MR) is 72.6 cm³/mol. The molecule has 4 heteroatoms. The van der Waals surface area contributed by atoms with Crippen molar-refractivity contribution in [3.05, 3.63) is 0 Å². The lowest BCUT2D eigenvalue weighted by molar-refractivity contribution is 0.0194. The van der Waals surface area contributed by atoms with Crippen molar-refractivity contribution >= 4 is 0 Å². The zero-order valence-corrected chi connectivity index (χ0v) is 11.6. The summed E-state index contributed by atoms with van der Waals surface area (Å²) in [5.74, 6) is 1.34. The Kier molecular flexibility index (Phi) is 5.89. The van der Waals surface area contributed by atoms with Gasteiger partial charge in [0, 0.05) is 38.3 Å². The van der Waals surface area contributed by atoms with E-state index in [0.717, 1.165) is 45.7 Å². The summed E-state index contributed by atoms with van der Waals surface area (Å²) in [5.41, 5.74) is 0. The number of rotatable bonds is 6. The summed E-state index contributed by atoms with van der Waals surface area (Å²) in [4.78, 5) is 2.56.